The van der Waals surface area contributed by atoms with Gasteiger partial charge in [-0.05, 0) is 26.8 Å². The van der Waals surface area contributed by atoms with Gasteiger partial charge in [-0.2, -0.15) is 11.8 Å². The molecule has 0 bridgehead atoms. The molecule has 2 nitrogen and oxygen atoms in total. The highest BCUT2D eigenvalue weighted by molar-refractivity contribution is 8.00. The molecule has 1 rings (SSSR count). The highest BCUT2D eigenvalue weighted by atomic mass is 32.2. The van der Waals surface area contributed by atoms with Gasteiger partial charge in [-0.15, -0.1) is 0 Å². The van der Waals surface area contributed by atoms with E-state index in [9.17, 15) is 0 Å². The first-order valence-electron chi connectivity index (χ1n) is 5.89. The minimum Gasteiger partial charge on any atom is -0.393 e. The summed E-state index contributed by atoms with van der Waals surface area (Å²) in [6.07, 6.45) is 1.06. The lowest BCUT2D eigenvalue weighted by atomic mass is 9.89. The number of thioether (sulfide) groups is 1. The molecule has 0 spiro atoms. The van der Waals surface area contributed by atoms with E-state index < -0.39 is 0 Å². The number of hydrogen-bond donors (Lipinski definition) is 1. The van der Waals surface area contributed by atoms with Gasteiger partial charge in [-0.1, -0.05) is 26.1 Å². The normalized spacial score (nSPS) is 22.0. The van der Waals surface area contributed by atoms with Crippen LogP contribution in [0.15, 0.2) is 0 Å². The number of rotatable bonds is 4. The van der Waals surface area contributed by atoms with E-state index in [1.807, 2.05) is 0 Å². The van der Waals surface area contributed by atoms with Crippen LogP contribution in [0.25, 0.3) is 0 Å². The molecule has 0 atom stereocenters. The summed E-state index contributed by atoms with van der Waals surface area (Å²) in [5, 5.41) is 0. The second-order valence-corrected chi connectivity index (χ2v) is 8.12. The Kier molecular flexibility index (Phi) is 4.66. The van der Waals surface area contributed by atoms with Gasteiger partial charge < -0.3 is 10.6 Å². The van der Waals surface area contributed by atoms with Gasteiger partial charge in [-0.3, -0.25) is 0 Å². The van der Waals surface area contributed by atoms with Crippen LogP contribution in [0.2, 0.25) is 0 Å². The maximum absolute atomic E-state index is 5.75. The van der Waals surface area contributed by atoms with Crippen LogP contribution in [0, 0.1) is 5.41 Å². The van der Waals surface area contributed by atoms with Crippen LogP contribution in [0.3, 0.4) is 0 Å². The SMILES string of the molecule is CC1(C)CN(CCC(C)(C)C(N)=S)CCS1. The molecule has 1 fully saturated rings. The van der Waals surface area contributed by atoms with Crippen LogP contribution in [-0.4, -0.2) is 40.0 Å². The summed E-state index contributed by atoms with van der Waals surface area (Å²) in [5.41, 5.74) is 5.74. The summed E-state index contributed by atoms with van der Waals surface area (Å²) in [4.78, 5) is 3.18. The van der Waals surface area contributed by atoms with Gasteiger partial charge in [0.15, 0.2) is 0 Å². The van der Waals surface area contributed by atoms with Crippen LogP contribution in [0.5, 0.6) is 0 Å². The van der Waals surface area contributed by atoms with E-state index in [0.29, 0.717) is 9.74 Å². The van der Waals surface area contributed by atoms with Gasteiger partial charge in [0, 0.05) is 29.0 Å². The summed E-state index contributed by atoms with van der Waals surface area (Å²) >= 11 is 7.17. The molecule has 1 aliphatic rings. The van der Waals surface area contributed by atoms with Crippen LogP contribution < -0.4 is 5.73 Å². The molecule has 94 valence electrons. The van der Waals surface area contributed by atoms with E-state index in [0.717, 1.165) is 13.0 Å². The lowest BCUT2D eigenvalue weighted by Gasteiger charge is -2.38. The van der Waals surface area contributed by atoms with E-state index in [1.54, 1.807) is 0 Å². The van der Waals surface area contributed by atoms with Crippen molar-refractivity contribution >= 4 is 29.0 Å². The predicted molar refractivity (Wildman–Crippen MR) is 78.2 cm³/mol. The van der Waals surface area contributed by atoms with Crippen molar-refractivity contribution in [2.45, 2.75) is 38.9 Å². The third-order valence-electron chi connectivity index (χ3n) is 3.22. The molecule has 0 unspecified atom stereocenters. The molecule has 2 N–H and O–H groups in total. The maximum Gasteiger partial charge on any atom is 0.0784 e. The Morgan fingerprint density at radius 3 is 2.62 bits per heavy atom. The highest BCUT2D eigenvalue weighted by Crippen LogP contribution is 2.30. The number of nitrogens with two attached hydrogens (primary N) is 1. The molecule has 0 aromatic heterocycles. The average molecular weight is 260 g/mol. The van der Waals surface area contributed by atoms with Crippen LogP contribution in [0.1, 0.15) is 34.1 Å². The number of thiocarbonyl (C=S) groups is 1. The molecule has 0 aromatic carbocycles. The molecule has 1 saturated heterocycles. The average Bonchev–Trinajstić information content (AvgIpc) is 2.13. The molecular formula is C12H24N2S2. The van der Waals surface area contributed by atoms with E-state index >= 15 is 0 Å². The summed E-state index contributed by atoms with van der Waals surface area (Å²) in [6.45, 7) is 12.4. The molecule has 1 aliphatic heterocycles. The molecule has 0 aromatic rings. The second-order valence-electron chi connectivity index (χ2n) is 5.88. The standard InChI is InChI=1S/C12H24N2S2/c1-11(2,10(13)15)5-6-14-7-8-16-12(3,4)9-14/h5-9H2,1-4H3,(H2,13,15). The van der Waals surface area contributed by atoms with E-state index in [1.165, 1.54) is 18.8 Å². The Labute approximate surface area is 109 Å². The lowest BCUT2D eigenvalue weighted by molar-refractivity contribution is 0.235. The van der Waals surface area contributed by atoms with Crippen molar-refractivity contribution in [2.75, 3.05) is 25.4 Å². The fourth-order valence-electron chi connectivity index (χ4n) is 1.87. The first-order chi connectivity index (χ1) is 7.23. The molecule has 0 radical (unpaired) electrons. The van der Waals surface area contributed by atoms with Gasteiger partial charge in [0.2, 0.25) is 0 Å². The quantitative estimate of drug-likeness (QED) is 0.787. The van der Waals surface area contributed by atoms with Gasteiger partial charge >= 0.3 is 0 Å². The smallest absolute Gasteiger partial charge is 0.0784 e. The van der Waals surface area contributed by atoms with Crippen molar-refractivity contribution < 1.29 is 0 Å². The zero-order valence-corrected chi connectivity index (χ0v) is 12.5. The second kappa shape index (κ2) is 5.23. The topological polar surface area (TPSA) is 29.3 Å². The predicted octanol–water partition coefficient (Wildman–Crippen LogP) is 2.52. The van der Waals surface area contributed by atoms with Crippen LogP contribution >= 0.6 is 24.0 Å². The molecule has 0 saturated carbocycles. The molecule has 16 heavy (non-hydrogen) atoms. The Bertz CT molecular complexity index is 262. The largest absolute Gasteiger partial charge is 0.393 e. The van der Waals surface area contributed by atoms with Crippen molar-refractivity contribution in [1.29, 1.82) is 0 Å². The van der Waals surface area contributed by atoms with E-state index in [-0.39, 0.29) is 5.41 Å². The van der Waals surface area contributed by atoms with Crippen LogP contribution in [-0.2, 0) is 0 Å². The third kappa shape index (κ3) is 4.22. The monoisotopic (exact) mass is 260 g/mol. The first kappa shape index (κ1) is 14.3. The summed E-state index contributed by atoms with van der Waals surface area (Å²) in [7, 11) is 0. The summed E-state index contributed by atoms with van der Waals surface area (Å²) in [6, 6.07) is 0. The third-order valence-corrected chi connectivity index (χ3v) is 5.07. The minimum atomic E-state index is -0.00985. The summed E-state index contributed by atoms with van der Waals surface area (Å²) in [5.74, 6) is 1.24. The molecule has 4 heteroatoms. The molecule has 0 aliphatic carbocycles. The Morgan fingerprint density at radius 2 is 2.12 bits per heavy atom. The van der Waals surface area contributed by atoms with E-state index in [4.69, 9.17) is 18.0 Å². The van der Waals surface area contributed by atoms with Gasteiger partial charge in [0.05, 0.1) is 4.99 Å². The van der Waals surface area contributed by atoms with Crippen LogP contribution in [0.4, 0.5) is 0 Å². The van der Waals surface area contributed by atoms with E-state index in [2.05, 4.69) is 44.4 Å². The van der Waals surface area contributed by atoms with Crippen molar-refractivity contribution in [2.24, 2.45) is 11.1 Å². The first-order valence-corrected chi connectivity index (χ1v) is 7.29. The Balaban J connectivity index is 2.41. The molecule has 0 amide bonds. The van der Waals surface area contributed by atoms with Crippen molar-refractivity contribution in [3.8, 4) is 0 Å². The van der Waals surface area contributed by atoms with Crippen molar-refractivity contribution in [3.05, 3.63) is 0 Å². The van der Waals surface area contributed by atoms with Gasteiger partial charge in [-0.25, -0.2) is 0 Å². The highest BCUT2D eigenvalue weighted by Gasteiger charge is 2.28. The lowest BCUT2D eigenvalue weighted by Crippen LogP contribution is -2.45. The Hall–Kier alpha value is 0.200. The minimum absolute atomic E-state index is 0.00985. The summed E-state index contributed by atoms with van der Waals surface area (Å²) < 4.78 is 0.394. The van der Waals surface area contributed by atoms with Crippen molar-refractivity contribution in [3.63, 3.8) is 0 Å². The number of hydrogen-bond acceptors (Lipinski definition) is 3. The molecular weight excluding hydrogens is 236 g/mol. The molecule has 1 heterocycles. The van der Waals surface area contributed by atoms with Gasteiger partial charge in [0.1, 0.15) is 0 Å². The fraction of sp³-hybridized carbons (Fsp3) is 0.917. The zero-order valence-electron chi connectivity index (χ0n) is 10.9. The van der Waals surface area contributed by atoms with Crippen molar-refractivity contribution in [1.82, 2.24) is 4.90 Å². The van der Waals surface area contributed by atoms with Gasteiger partial charge in [0.25, 0.3) is 0 Å². The number of nitrogens with zero attached hydrogens (tertiary/aromatic N) is 1. The fourth-order valence-corrected chi connectivity index (χ4v) is 3.14. The Morgan fingerprint density at radius 1 is 1.50 bits per heavy atom. The zero-order chi connectivity index (χ0) is 12.4. The maximum atomic E-state index is 5.75.